The molecule has 0 bridgehead atoms. The lowest BCUT2D eigenvalue weighted by molar-refractivity contribution is 0.637. The maximum Gasteiger partial charge on any atom is 0.342 e. The summed E-state index contributed by atoms with van der Waals surface area (Å²) in [6.45, 7) is -0.286. The lowest BCUT2D eigenvalue weighted by Gasteiger charge is -2.41. The Bertz CT molecular complexity index is 2580. The molecule has 244 valence electrons. The number of hydrogen-bond acceptors (Lipinski definition) is 5. The van der Waals surface area contributed by atoms with E-state index in [9.17, 15) is 0 Å². The third-order valence-corrected chi connectivity index (χ3v) is 10.4. The van der Waals surface area contributed by atoms with Gasteiger partial charge in [-0.2, -0.15) is 0 Å². The number of fused-ring (bicyclic) bond motifs is 8. The molecule has 0 saturated carbocycles. The number of hydrogen-bond donors (Lipinski definition) is 0. The van der Waals surface area contributed by atoms with Gasteiger partial charge in [0.2, 0.25) is 0 Å². The highest BCUT2D eigenvalue weighted by Gasteiger charge is 2.50. The highest BCUT2D eigenvalue weighted by molar-refractivity contribution is 6.99. The normalized spacial score (nSPS) is 12.9. The average molecular weight is 668 g/mol. The first kappa shape index (κ1) is 28.9. The summed E-state index contributed by atoms with van der Waals surface area (Å²) < 4.78 is 13.9. The van der Waals surface area contributed by atoms with E-state index in [1.807, 2.05) is 12.1 Å². The average Bonchev–Trinajstić information content (AvgIpc) is 3.79. The Balaban J connectivity index is 1.31. The molecule has 0 N–H and O–H groups in total. The van der Waals surface area contributed by atoms with Crippen molar-refractivity contribution >= 4 is 96.6 Å². The van der Waals surface area contributed by atoms with Crippen molar-refractivity contribution in [1.29, 1.82) is 0 Å². The Morgan fingerprint density at radius 2 is 0.788 bits per heavy atom. The molecule has 5 nitrogen and oxygen atoms in total. The Labute approximate surface area is 301 Å². The molecule has 0 amide bonds. The van der Waals surface area contributed by atoms with Gasteiger partial charge in [0.25, 0.3) is 0 Å². The van der Waals surface area contributed by atoms with Crippen LogP contribution in [0.3, 0.4) is 0 Å². The SMILES string of the molecule is c1ccc(N(c2ccccc2)c2cc3c4c(c2)N(c2ccccc2)c2c(oc5ccccc25)B4c2oc4ccccc4c2N3c2ccccc2)cc1. The van der Waals surface area contributed by atoms with E-state index < -0.39 is 0 Å². The molecule has 2 aliphatic heterocycles. The second kappa shape index (κ2) is 11.3. The molecule has 9 aromatic rings. The van der Waals surface area contributed by atoms with Crippen LogP contribution in [0, 0.1) is 0 Å². The van der Waals surface area contributed by atoms with Crippen molar-refractivity contribution in [2.75, 3.05) is 14.7 Å². The minimum Gasteiger partial charge on any atom is -0.468 e. The predicted molar refractivity (Wildman–Crippen MR) is 215 cm³/mol. The number of anilines is 9. The highest BCUT2D eigenvalue weighted by atomic mass is 16.3. The van der Waals surface area contributed by atoms with Crippen LogP contribution in [-0.4, -0.2) is 6.71 Å². The molecule has 52 heavy (non-hydrogen) atoms. The third-order valence-electron chi connectivity index (χ3n) is 10.4. The first-order valence-corrected chi connectivity index (χ1v) is 17.6. The van der Waals surface area contributed by atoms with E-state index >= 15 is 0 Å². The van der Waals surface area contributed by atoms with Crippen molar-refractivity contribution in [3.8, 4) is 0 Å². The smallest absolute Gasteiger partial charge is 0.342 e. The standard InChI is InChI=1S/C46H30BN3O2/c1-5-17-31(18-6-1)48(32-19-7-2-8-20-32)35-29-38-42-39(30-35)50(34-23-11-4-12-24-34)44-37-26-14-16-28-41(37)52-46(44)47(42)45-43(36-25-13-15-27-40(36)51-45)49(38)33-21-9-3-10-22-33/h1-30H. The van der Waals surface area contributed by atoms with Crippen molar-refractivity contribution in [2.45, 2.75) is 0 Å². The number of para-hydroxylation sites is 6. The quantitative estimate of drug-likeness (QED) is 0.171. The molecule has 0 saturated heterocycles. The Morgan fingerprint density at radius 1 is 0.404 bits per heavy atom. The lowest BCUT2D eigenvalue weighted by Crippen LogP contribution is -2.60. The van der Waals surface area contributed by atoms with Crippen LogP contribution in [0.1, 0.15) is 0 Å². The molecule has 6 heteroatoms. The van der Waals surface area contributed by atoms with E-state index in [0.29, 0.717) is 0 Å². The van der Waals surface area contributed by atoms with E-state index in [1.54, 1.807) is 0 Å². The second-order valence-electron chi connectivity index (χ2n) is 13.3. The summed E-state index contributed by atoms with van der Waals surface area (Å²) in [5, 5.41) is 2.12. The minimum atomic E-state index is -0.286. The molecular weight excluding hydrogens is 637 g/mol. The van der Waals surface area contributed by atoms with Crippen LogP contribution < -0.4 is 31.5 Å². The molecule has 2 aliphatic rings. The number of rotatable bonds is 5. The summed E-state index contributed by atoms with van der Waals surface area (Å²) in [4.78, 5) is 7.14. The fraction of sp³-hybridized carbons (Fsp3) is 0. The molecular formula is C46H30BN3O2. The van der Waals surface area contributed by atoms with Crippen LogP contribution in [0.2, 0.25) is 0 Å². The Hall–Kier alpha value is -6.92. The van der Waals surface area contributed by atoms with E-state index in [0.717, 1.165) is 89.9 Å². The maximum absolute atomic E-state index is 6.97. The fourth-order valence-electron chi connectivity index (χ4n) is 8.27. The minimum absolute atomic E-state index is 0.286. The Kier molecular flexibility index (Phi) is 6.28. The summed E-state index contributed by atoms with van der Waals surface area (Å²) in [6, 6.07) is 64.0. The van der Waals surface area contributed by atoms with Gasteiger partial charge >= 0.3 is 6.71 Å². The molecule has 7 aromatic carbocycles. The van der Waals surface area contributed by atoms with Gasteiger partial charge < -0.3 is 23.5 Å². The topological polar surface area (TPSA) is 36.0 Å². The first-order valence-electron chi connectivity index (χ1n) is 17.6. The van der Waals surface area contributed by atoms with Crippen molar-refractivity contribution in [3.05, 3.63) is 182 Å². The van der Waals surface area contributed by atoms with Gasteiger partial charge in [0.15, 0.2) is 0 Å². The van der Waals surface area contributed by atoms with E-state index in [-0.39, 0.29) is 6.71 Å². The van der Waals surface area contributed by atoms with E-state index in [2.05, 4.69) is 185 Å². The fourth-order valence-corrected chi connectivity index (χ4v) is 8.27. The molecule has 0 unspecified atom stereocenters. The summed E-state index contributed by atoms with van der Waals surface area (Å²) in [7, 11) is 0. The maximum atomic E-state index is 6.97. The van der Waals surface area contributed by atoms with Gasteiger partial charge in [-0.1, -0.05) is 97.1 Å². The summed E-state index contributed by atoms with van der Waals surface area (Å²) in [5.74, 6) is 0. The van der Waals surface area contributed by atoms with Crippen LogP contribution >= 0.6 is 0 Å². The Morgan fingerprint density at radius 3 is 1.23 bits per heavy atom. The molecule has 4 heterocycles. The number of nitrogens with zero attached hydrogens (tertiary/aromatic N) is 3. The third kappa shape index (κ3) is 4.18. The van der Waals surface area contributed by atoms with Gasteiger partial charge in [-0.3, -0.25) is 0 Å². The number of furan rings is 2. The van der Waals surface area contributed by atoms with Crippen LogP contribution in [-0.2, 0) is 0 Å². The highest BCUT2D eigenvalue weighted by Crippen LogP contribution is 2.50. The van der Waals surface area contributed by atoms with Crippen LogP contribution in [0.15, 0.2) is 191 Å². The van der Waals surface area contributed by atoms with E-state index in [4.69, 9.17) is 8.83 Å². The molecule has 0 radical (unpaired) electrons. The van der Waals surface area contributed by atoms with Crippen molar-refractivity contribution in [1.82, 2.24) is 0 Å². The van der Waals surface area contributed by atoms with Gasteiger partial charge in [-0.25, -0.2) is 0 Å². The van der Waals surface area contributed by atoms with Crippen molar-refractivity contribution in [2.24, 2.45) is 0 Å². The zero-order valence-corrected chi connectivity index (χ0v) is 28.1. The van der Waals surface area contributed by atoms with Gasteiger partial charge in [0, 0.05) is 44.9 Å². The summed E-state index contributed by atoms with van der Waals surface area (Å²) in [5.41, 5.74) is 14.1. The predicted octanol–water partition coefficient (Wildman–Crippen LogP) is 10.7. The van der Waals surface area contributed by atoms with Crippen molar-refractivity contribution < 1.29 is 8.83 Å². The first-order chi connectivity index (χ1) is 25.8. The zero-order chi connectivity index (χ0) is 34.2. The summed E-state index contributed by atoms with van der Waals surface area (Å²) >= 11 is 0. The van der Waals surface area contributed by atoms with Gasteiger partial charge in [-0.15, -0.1) is 0 Å². The molecule has 0 aliphatic carbocycles. The molecule has 0 fully saturated rings. The van der Waals surface area contributed by atoms with Crippen molar-refractivity contribution in [3.63, 3.8) is 0 Å². The second-order valence-corrected chi connectivity index (χ2v) is 13.3. The van der Waals surface area contributed by atoms with E-state index in [1.165, 1.54) is 0 Å². The monoisotopic (exact) mass is 667 g/mol. The van der Waals surface area contributed by atoms with Crippen LogP contribution in [0.5, 0.6) is 0 Å². The van der Waals surface area contributed by atoms with Gasteiger partial charge in [0.05, 0.1) is 17.1 Å². The summed E-state index contributed by atoms with van der Waals surface area (Å²) in [6.07, 6.45) is 0. The van der Waals surface area contributed by atoms with Crippen LogP contribution in [0.25, 0.3) is 21.9 Å². The van der Waals surface area contributed by atoms with Crippen LogP contribution in [0.4, 0.5) is 51.2 Å². The molecule has 0 atom stereocenters. The molecule has 0 spiro atoms. The lowest BCUT2D eigenvalue weighted by atomic mass is 9.37. The van der Waals surface area contributed by atoms with Gasteiger partial charge in [-0.05, 0) is 90.4 Å². The number of benzene rings is 7. The molecule has 2 aromatic heterocycles. The molecule has 11 rings (SSSR count). The zero-order valence-electron chi connectivity index (χ0n) is 28.1. The largest absolute Gasteiger partial charge is 0.468 e. The van der Waals surface area contributed by atoms with Gasteiger partial charge in [0.1, 0.15) is 22.5 Å².